The van der Waals surface area contributed by atoms with Crippen molar-refractivity contribution in [2.45, 2.75) is 164 Å². The first-order valence-corrected chi connectivity index (χ1v) is 37.4. The standard InChI is InChI=1S/C98H96BN5/c1-93(2,3)67-34-30-62(31-35-67)75-27-20-19-25-65(75)60-101-88-57-73(102-84-46-38-69(95(7,8)9)53-77(84)78-54-70(96(10,11)12)39-47-85(78)102)42-44-81(88)99-82-45-43-74(103-86-48-40-71(97(13,14)15)55-79(86)80-56-72(98(16,17)18)41-49-87(80)103)58-89(82)104(83-29-22-21-28-76(83)63-32-36-68(37-33-63)94(4,5)6)91-52-66(51-90(101)92(91)99)64-26-23-24-61(50-64)59-100/h19-58H,60H2,1-18H3. The minimum absolute atomic E-state index is 0.00422. The predicted octanol–water partition coefficient (Wildman–Crippen LogP) is 24.5. The van der Waals surface area contributed by atoms with Crippen LogP contribution >= 0.6 is 0 Å². The van der Waals surface area contributed by atoms with Crippen molar-refractivity contribution < 1.29 is 0 Å². The summed E-state index contributed by atoms with van der Waals surface area (Å²) in [6, 6.07) is 95.8. The van der Waals surface area contributed by atoms with Crippen LogP contribution in [0, 0.1) is 11.3 Å². The molecule has 2 aromatic heterocycles. The highest BCUT2D eigenvalue weighted by Crippen LogP contribution is 2.50. The van der Waals surface area contributed by atoms with Crippen LogP contribution in [-0.2, 0) is 39.0 Å². The molecule has 0 N–H and O–H groups in total. The van der Waals surface area contributed by atoms with E-state index in [1.165, 1.54) is 110 Å². The molecule has 2 aliphatic rings. The lowest BCUT2D eigenvalue weighted by atomic mass is 9.33. The van der Waals surface area contributed by atoms with Crippen LogP contribution in [0.2, 0.25) is 0 Å². The van der Waals surface area contributed by atoms with Crippen molar-refractivity contribution in [1.29, 1.82) is 5.26 Å². The highest BCUT2D eigenvalue weighted by atomic mass is 15.2. The first kappa shape index (κ1) is 67.9. The van der Waals surface area contributed by atoms with E-state index in [1.807, 2.05) is 12.1 Å². The van der Waals surface area contributed by atoms with Gasteiger partial charge in [0.2, 0.25) is 0 Å². The highest BCUT2D eigenvalue weighted by Gasteiger charge is 2.45. The summed E-state index contributed by atoms with van der Waals surface area (Å²) >= 11 is 0. The molecule has 0 atom stereocenters. The minimum Gasteiger partial charge on any atom is -0.338 e. The predicted molar refractivity (Wildman–Crippen MR) is 446 cm³/mol. The van der Waals surface area contributed by atoms with Crippen molar-refractivity contribution in [1.82, 2.24) is 9.13 Å². The quantitative estimate of drug-likeness (QED) is 0.142. The van der Waals surface area contributed by atoms with Gasteiger partial charge >= 0.3 is 0 Å². The van der Waals surface area contributed by atoms with Crippen molar-refractivity contribution in [3.05, 3.63) is 287 Å². The van der Waals surface area contributed by atoms with Crippen molar-refractivity contribution in [3.8, 4) is 50.8 Å². The van der Waals surface area contributed by atoms with Crippen molar-refractivity contribution in [2.75, 3.05) is 9.80 Å². The van der Waals surface area contributed by atoms with Crippen LogP contribution in [0.3, 0.4) is 0 Å². The number of rotatable bonds is 8. The molecular weight excluding hydrogens is 1260 g/mol. The third kappa shape index (κ3) is 11.6. The Morgan fingerprint density at radius 2 is 0.712 bits per heavy atom. The van der Waals surface area contributed by atoms with Crippen LogP contribution in [-0.4, -0.2) is 15.8 Å². The Hall–Kier alpha value is -10.6. The van der Waals surface area contributed by atoms with E-state index in [4.69, 9.17) is 0 Å². The molecule has 5 nitrogen and oxygen atoms in total. The summed E-state index contributed by atoms with van der Waals surface area (Å²) in [6.07, 6.45) is 0. The van der Waals surface area contributed by atoms with Gasteiger partial charge in [-0.3, -0.25) is 0 Å². The normalized spacial score (nSPS) is 13.5. The van der Waals surface area contributed by atoms with Crippen LogP contribution in [0.1, 0.15) is 169 Å². The average molecular weight is 1350 g/mol. The number of nitriles is 1. The molecule has 0 unspecified atom stereocenters. The Labute approximate surface area is 617 Å². The summed E-state index contributed by atoms with van der Waals surface area (Å²) in [5, 5.41) is 15.8. The number of hydrogen-bond donors (Lipinski definition) is 0. The molecule has 0 amide bonds. The highest BCUT2D eigenvalue weighted by molar-refractivity contribution is 7.00. The molecule has 104 heavy (non-hydrogen) atoms. The fourth-order valence-corrected chi connectivity index (χ4v) is 16.5. The maximum absolute atomic E-state index is 10.7. The van der Waals surface area contributed by atoms with E-state index in [0.717, 1.165) is 62.1 Å². The molecule has 4 heterocycles. The Kier molecular flexibility index (Phi) is 15.8. The molecule has 0 saturated heterocycles. The topological polar surface area (TPSA) is 40.1 Å². The molecule has 6 heteroatoms. The third-order valence-corrected chi connectivity index (χ3v) is 22.6. The van der Waals surface area contributed by atoms with E-state index < -0.39 is 0 Å². The second-order valence-corrected chi connectivity index (χ2v) is 35.9. The van der Waals surface area contributed by atoms with Crippen LogP contribution in [0.5, 0.6) is 0 Å². The SMILES string of the molecule is CC(C)(C)c1ccc(-c2ccccc2CN2c3cc(-n4c5ccc(C(C)(C)C)cc5c5cc(C(C)(C)C)ccc54)ccc3B3c4ccc(-n5c6ccc(C(C)(C)C)cc6c6cc(C(C)(C)C)ccc65)cc4N(c4ccccc4-c4ccc(C(C)(C)C)cc4)c4cc(-c5cccc(C#N)c5)cc2c43)cc1. The van der Waals surface area contributed by atoms with Gasteiger partial charge in [-0.25, -0.2) is 0 Å². The van der Waals surface area contributed by atoms with Gasteiger partial charge in [0.05, 0.1) is 39.4 Å². The van der Waals surface area contributed by atoms with Crippen LogP contribution < -0.4 is 26.2 Å². The third-order valence-electron chi connectivity index (χ3n) is 22.6. The lowest BCUT2D eigenvalue weighted by molar-refractivity contribution is 0.590. The monoisotopic (exact) mass is 1350 g/mol. The van der Waals surface area contributed by atoms with Gasteiger partial charge < -0.3 is 18.9 Å². The van der Waals surface area contributed by atoms with Gasteiger partial charge in [-0.15, -0.1) is 0 Å². The van der Waals surface area contributed by atoms with Crippen LogP contribution in [0.4, 0.5) is 28.4 Å². The Morgan fingerprint density at radius 1 is 0.308 bits per heavy atom. The molecule has 14 aromatic rings. The summed E-state index contributed by atoms with van der Waals surface area (Å²) in [4.78, 5) is 5.27. The lowest BCUT2D eigenvalue weighted by Crippen LogP contribution is -2.61. The Balaban J connectivity index is 1.02. The second kappa shape index (κ2) is 24.3. The fraction of sp³-hybridized carbons (Fsp3) is 0.255. The zero-order valence-electron chi connectivity index (χ0n) is 64.1. The van der Waals surface area contributed by atoms with Gasteiger partial charge in [0, 0.05) is 67.8 Å². The van der Waals surface area contributed by atoms with Crippen molar-refractivity contribution in [3.63, 3.8) is 0 Å². The Bertz CT molecular complexity index is 5700. The molecular formula is C98H96BN5. The van der Waals surface area contributed by atoms with E-state index in [-0.39, 0.29) is 39.2 Å². The van der Waals surface area contributed by atoms with Gasteiger partial charge in [-0.1, -0.05) is 264 Å². The van der Waals surface area contributed by atoms with E-state index >= 15 is 0 Å². The average Bonchev–Trinajstić information content (AvgIpc) is 0.962. The number of aromatic nitrogens is 2. The molecule has 2 aliphatic heterocycles. The van der Waals surface area contributed by atoms with E-state index in [2.05, 4.69) is 380 Å². The summed E-state index contributed by atoms with van der Waals surface area (Å²) in [7, 11) is 0. The number of hydrogen-bond acceptors (Lipinski definition) is 3. The molecule has 0 spiro atoms. The summed E-state index contributed by atoms with van der Waals surface area (Å²) < 4.78 is 5.06. The summed E-state index contributed by atoms with van der Waals surface area (Å²) in [5.41, 5.74) is 32.3. The van der Waals surface area contributed by atoms with Crippen molar-refractivity contribution >= 4 is 95.1 Å². The minimum atomic E-state index is -0.220. The van der Waals surface area contributed by atoms with Gasteiger partial charge in [0.25, 0.3) is 6.71 Å². The number of benzene rings is 12. The molecule has 0 bridgehead atoms. The first-order chi connectivity index (χ1) is 49.3. The molecule has 0 aliphatic carbocycles. The molecule has 12 aromatic carbocycles. The number of fused-ring (bicyclic) bond motifs is 10. The van der Waals surface area contributed by atoms with E-state index in [0.29, 0.717) is 12.1 Å². The maximum Gasteiger partial charge on any atom is 0.252 e. The number of nitrogens with zero attached hydrogens (tertiary/aromatic N) is 5. The van der Waals surface area contributed by atoms with E-state index in [9.17, 15) is 5.26 Å². The zero-order valence-corrected chi connectivity index (χ0v) is 64.1. The summed E-state index contributed by atoms with van der Waals surface area (Å²) in [6.45, 7) is 42.0. The number of anilines is 5. The lowest BCUT2D eigenvalue weighted by Gasteiger charge is -2.45. The molecule has 16 rings (SSSR count). The number of para-hydroxylation sites is 1. The van der Waals surface area contributed by atoms with Gasteiger partial charge in [0.15, 0.2) is 0 Å². The van der Waals surface area contributed by atoms with Crippen LogP contribution in [0.25, 0.3) is 88.4 Å². The molecule has 0 radical (unpaired) electrons. The van der Waals surface area contributed by atoms with E-state index in [1.54, 1.807) is 0 Å². The van der Waals surface area contributed by atoms with Gasteiger partial charge in [-0.05, 0) is 219 Å². The molecule has 0 fully saturated rings. The molecule has 0 saturated carbocycles. The summed E-state index contributed by atoms with van der Waals surface area (Å²) in [5.74, 6) is 0. The van der Waals surface area contributed by atoms with Crippen LogP contribution in [0.15, 0.2) is 243 Å². The molecule has 516 valence electrons. The van der Waals surface area contributed by atoms with Crippen molar-refractivity contribution in [2.24, 2.45) is 0 Å². The van der Waals surface area contributed by atoms with Gasteiger partial charge in [0.1, 0.15) is 0 Å². The smallest absolute Gasteiger partial charge is 0.252 e. The Morgan fingerprint density at radius 3 is 1.17 bits per heavy atom. The van der Waals surface area contributed by atoms with Gasteiger partial charge in [-0.2, -0.15) is 5.26 Å². The fourth-order valence-electron chi connectivity index (χ4n) is 16.5. The zero-order chi connectivity index (χ0) is 73.1. The maximum atomic E-state index is 10.7. The second-order valence-electron chi connectivity index (χ2n) is 35.9. The first-order valence-electron chi connectivity index (χ1n) is 37.4. The largest absolute Gasteiger partial charge is 0.338 e.